The molecule has 0 unspecified atom stereocenters. The number of hydrogen-bond acceptors (Lipinski definition) is 3. The minimum Gasteiger partial charge on any atom is -0.368 e. The first-order chi connectivity index (χ1) is 8.05. The summed E-state index contributed by atoms with van der Waals surface area (Å²) in [6.45, 7) is 6.23. The number of nitrogens with zero attached hydrogens (tertiary/aromatic N) is 1. The summed E-state index contributed by atoms with van der Waals surface area (Å²) in [5, 5.41) is 3.26. The highest BCUT2D eigenvalue weighted by molar-refractivity contribution is 5.87. The Morgan fingerprint density at radius 1 is 1.29 bits per heavy atom. The molecule has 3 N–H and O–H groups in total. The zero-order chi connectivity index (χ0) is 12.9. The van der Waals surface area contributed by atoms with Gasteiger partial charge < -0.3 is 16.0 Å². The van der Waals surface area contributed by atoms with Gasteiger partial charge in [-0.15, -0.1) is 0 Å². The van der Waals surface area contributed by atoms with Crippen molar-refractivity contribution in [1.29, 1.82) is 0 Å². The molecule has 17 heavy (non-hydrogen) atoms. The van der Waals surface area contributed by atoms with Gasteiger partial charge in [0.1, 0.15) is 0 Å². The Morgan fingerprint density at radius 3 is 2.29 bits per heavy atom. The van der Waals surface area contributed by atoms with Crippen molar-refractivity contribution in [3.63, 3.8) is 0 Å². The SMILES string of the molecule is CCN(CC(N)=O)C(=O)C1(CC)CCNCC1. The molecule has 0 saturated carbocycles. The first-order valence-corrected chi connectivity index (χ1v) is 6.34. The maximum Gasteiger partial charge on any atom is 0.237 e. The highest BCUT2D eigenvalue weighted by atomic mass is 16.2. The average molecular weight is 241 g/mol. The van der Waals surface area contributed by atoms with Crippen molar-refractivity contribution in [3.8, 4) is 0 Å². The summed E-state index contributed by atoms with van der Waals surface area (Å²) in [6, 6.07) is 0. The molecule has 1 saturated heterocycles. The summed E-state index contributed by atoms with van der Waals surface area (Å²) in [6.07, 6.45) is 2.51. The number of carbonyl (C=O) groups is 2. The highest BCUT2D eigenvalue weighted by Gasteiger charge is 2.40. The third kappa shape index (κ3) is 3.19. The first-order valence-electron chi connectivity index (χ1n) is 6.34. The molecule has 0 bridgehead atoms. The van der Waals surface area contributed by atoms with Gasteiger partial charge in [-0.25, -0.2) is 0 Å². The summed E-state index contributed by atoms with van der Waals surface area (Å²) in [5.41, 5.74) is 4.88. The molecule has 2 amide bonds. The molecule has 0 radical (unpaired) electrons. The van der Waals surface area contributed by atoms with Gasteiger partial charge in [-0.3, -0.25) is 9.59 Å². The van der Waals surface area contributed by atoms with Crippen molar-refractivity contribution in [3.05, 3.63) is 0 Å². The van der Waals surface area contributed by atoms with Crippen molar-refractivity contribution in [1.82, 2.24) is 10.2 Å². The van der Waals surface area contributed by atoms with Crippen molar-refractivity contribution in [2.75, 3.05) is 26.2 Å². The van der Waals surface area contributed by atoms with Crippen LogP contribution in [0.3, 0.4) is 0 Å². The molecule has 1 aliphatic rings. The zero-order valence-corrected chi connectivity index (χ0v) is 10.8. The fourth-order valence-corrected chi connectivity index (χ4v) is 2.47. The van der Waals surface area contributed by atoms with Crippen LogP contribution in [-0.2, 0) is 9.59 Å². The lowest BCUT2D eigenvalue weighted by Gasteiger charge is -2.39. The Morgan fingerprint density at radius 2 is 1.88 bits per heavy atom. The molecule has 0 atom stereocenters. The maximum absolute atomic E-state index is 12.5. The molecule has 1 heterocycles. The van der Waals surface area contributed by atoms with E-state index in [-0.39, 0.29) is 17.9 Å². The molecule has 5 heteroatoms. The molecule has 5 nitrogen and oxygen atoms in total. The van der Waals surface area contributed by atoms with Gasteiger partial charge in [0.2, 0.25) is 11.8 Å². The lowest BCUT2D eigenvalue weighted by Crippen LogP contribution is -2.50. The standard InChI is InChI=1S/C12H23N3O2/c1-3-12(5-7-14-8-6-12)11(17)15(4-2)9-10(13)16/h14H,3-9H2,1-2H3,(H2,13,16). The second kappa shape index (κ2) is 6.00. The van der Waals surface area contributed by atoms with Gasteiger partial charge >= 0.3 is 0 Å². The van der Waals surface area contributed by atoms with Gasteiger partial charge in [-0.2, -0.15) is 0 Å². The topological polar surface area (TPSA) is 75.4 Å². The van der Waals surface area contributed by atoms with E-state index in [2.05, 4.69) is 5.32 Å². The normalized spacial score (nSPS) is 18.7. The second-order valence-electron chi connectivity index (χ2n) is 4.67. The van der Waals surface area contributed by atoms with Gasteiger partial charge in [-0.05, 0) is 39.3 Å². The minimum absolute atomic E-state index is 0.0323. The van der Waals surface area contributed by atoms with E-state index in [1.807, 2.05) is 13.8 Å². The molecule has 0 aromatic carbocycles. The predicted octanol–water partition coefficient (Wildman–Crippen LogP) is 0.100. The molecular weight excluding hydrogens is 218 g/mol. The van der Waals surface area contributed by atoms with Gasteiger partial charge in [0.15, 0.2) is 0 Å². The smallest absolute Gasteiger partial charge is 0.237 e. The van der Waals surface area contributed by atoms with E-state index in [0.717, 1.165) is 32.4 Å². The fourth-order valence-electron chi connectivity index (χ4n) is 2.47. The number of hydrogen-bond donors (Lipinski definition) is 2. The predicted molar refractivity (Wildman–Crippen MR) is 66.3 cm³/mol. The van der Waals surface area contributed by atoms with Crippen LogP contribution >= 0.6 is 0 Å². The lowest BCUT2D eigenvalue weighted by atomic mass is 9.75. The van der Waals surface area contributed by atoms with Gasteiger partial charge in [0.05, 0.1) is 12.0 Å². The summed E-state index contributed by atoms with van der Waals surface area (Å²) < 4.78 is 0. The van der Waals surface area contributed by atoms with Crippen LogP contribution < -0.4 is 11.1 Å². The van der Waals surface area contributed by atoms with E-state index >= 15 is 0 Å². The van der Waals surface area contributed by atoms with E-state index in [9.17, 15) is 9.59 Å². The van der Waals surface area contributed by atoms with E-state index in [1.165, 1.54) is 0 Å². The molecule has 0 aromatic heterocycles. The van der Waals surface area contributed by atoms with Crippen LogP contribution in [0.1, 0.15) is 33.1 Å². The van der Waals surface area contributed by atoms with Crippen LogP contribution in [0.2, 0.25) is 0 Å². The Kier molecular flexibility index (Phi) is 4.93. The summed E-state index contributed by atoms with van der Waals surface area (Å²) in [7, 11) is 0. The van der Waals surface area contributed by atoms with Crippen LogP contribution in [-0.4, -0.2) is 42.9 Å². The quantitative estimate of drug-likeness (QED) is 0.717. The number of nitrogens with one attached hydrogen (secondary N) is 1. The molecule has 1 rings (SSSR count). The number of rotatable bonds is 5. The minimum atomic E-state index is -0.444. The highest BCUT2D eigenvalue weighted by Crippen LogP contribution is 2.34. The summed E-state index contributed by atoms with van der Waals surface area (Å²) in [4.78, 5) is 25.1. The lowest BCUT2D eigenvalue weighted by molar-refractivity contribution is -0.146. The Balaban J connectivity index is 2.78. The number of likely N-dealkylation sites (N-methyl/N-ethyl adjacent to an activating group) is 1. The van der Waals surface area contributed by atoms with Crippen LogP contribution in [0.25, 0.3) is 0 Å². The molecule has 0 aliphatic carbocycles. The van der Waals surface area contributed by atoms with Gasteiger partial charge in [-0.1, -0.05) is 6.92 Å². The summed E-state index contributed by atoms with van der Waals surface area (Å²) in [5.74, 6) is -0.358. The third-order valence-electron chi connectivity index (χ3n) is 3.71. The largest absolute Gasteiger partial charge is 0.368 e. The number of primary amides is 1. The molecule has 1 fully saturated rings. The summed E-state index contributed by atoms with van der Waals surface area (Å²) >= 11 is 0. The van der Waals surface area contributed by atoms with Crippen molar-refractivity contribution in [2.24, 2.45) is 11.1 Å². The maximum atomic E-state index is 12.5. The van der Waals surface area contributed by atoms with Crippen molar-refractivity contribution >= 4 is 11.8 Å². The third-order valence-corrected chi connectivity index (χ3v) is 3.71. The number of piperidine rings is 1. The van der Waals surface area contributed by atoms with Crippen LogP contribution in [0.4, 0.5) is 0 Å². The van der Waals surface area contributed by atoms with E-state index in [1.54, 1.807) is 4.90 Å². The van der Waals surface area contributed by atoms with Gasteiger partial charge in [0, 0.05) is 6.54 Å². The zero-order valence-electron chi connectivity index (χ0n) is 10.8. The Bertz CT molecular complexity index is 285. The first kappa shape index (κ1) is 14.0. The molecular formula is C12H23N3O2. The number of carbonyl (C=O) groups excluding carboxylic acids is 2. The van der Waals surface area contributed by atoms with Crippen molar-refractivity contribution in [2.45, 2.75) is 33.1 Å². The van der Waals surface area contributed by atoms with E-state index < -0.39 is 5.91 Å². The average Bonchev–Trinajstić information content (AvgIpc) is 2.35. The Hall–Kier alpha value is -1.10. The van der Waals surface area contributed by atoms with Crippen LogP contribution in [0.5, 0.6) is 0 Å². The van der Waals surface area contributed by atoms with E-state index in [0.29, 0.717) is 6.54 Å². The molecule has 0 spiro atoms. The fraction of sp³-hybridized carbons (Fsp3) is 0.833. The van der Waals surface area contributed by atoms with Crippen LogP contribution in [0, 0.1) is 5.41 Å². The second-order valence-corrected chi connectivity index (χ2v) is 4.67. The number of amides is 2. The monoisotopic (exact) mass is 241 g/mol. The number of nitrogens with two attached hydrogens (primary N) is 1. The molecule has 1 aliphatic heterocycles. The Labute approximate surface area is 103 Å². The van der Waals surface area contributed by atoms with E-state index in [4.69, 9.17) is 5.73 Å². The molecule has 0 aromatic rings. The van der Waals surface area contributed by atoms with Crippen molar-refractivity contribution < 1.29 is 9.59 Å². The van der Waals surface area contributed by atoms with Crippen LogP contribution in [0.15, 0.2) is 0 Å². The molecule has 98 valence electrons. The van der Waals surface area contributed by atoms with Gasteiger partial charge in [0.25, 0.3) is 0 Å².